The van der Waals surface area contributed by atoms with Crippen LogP contribution in [0.4, 0.5) is 0 Å². The van der Waals surface area contributed by atoms with Crippen LogP contribution < -0.4 is 5.32 Å². The van der Waals surface area contributed by atoms with Crippen molar-refractivity contribution in [2.75, 3.05) is 31.6 Å². The zero-order valence-corrected chi connectivity index (χ0v) is 15.3. The normalized spacial score (nSPS) is 19.9. The van der Waals surface area contributed by atoms with E-state index in [-0.39, 0.29) is 5.54 Å². The highest BCUT2D eigenvalue weighted by molar-refractivity contribution is 7.98. The molecule has 0 amide bonds. The average Bonchev–Trinajstić information content (AvgIpc) is 2.97. The van der Waals surface area contributed by atoms with E-state index in [1.165, 1.54) is 0 Å². The van der Waals surface area contributed by atoms with Gasteiger partial charge in [0.25, 0.3) is 0 Å². The molecule has 22 heavy (non-hydrogen) atoms. The summed E-state index contributed by atoms with van der Waals surface area (Å²) >= 11 is 1.83. The van der Waals surface area contributed by atoms with E-state index in [9.17, 15) is 0 Å². The lowest BCUT2D eigenvalue weighted by atomic mass is 9.65. The summed E-state index contributed by atoms with van der Waals surface area (Å²) in [6.45, 7) is 12.0. The van der Waals surface area contributed by atoms with E-state index in [1.54, 1.807) is 6.26 Å². The van der Waals surface area contributed by atoms with Crippen LogP contribution in [0.1, 0.15) is 33.5 Å². The Morgan fingerprint density at radius 3 is 2.73 bits per heavy atom. The van der Waals surface area contributed by atoms with Gasteiger partial charge in [0.2, 0.25) is 0 Å². The van der Waals surface area contributed by atoms with E-state index in [2.05, 4.69) is 44.2 Å². The molecular weight excluding hydrogens is 294 g/mol. The number of guanidine groups is 1. The molecule has 0 radical (unpaired) electrons. The summed E-state index contributed by atoms with van der Waals surface area (Å²) in [6, 6.07) is 3.95. The molecule has 2 heterocycles. The van der Waals surface area contributed by atoms with Crippen LogP contribution in [0.15, 0.2) is 27.8 Å². The lowest BCUT2D eigenvalue weighted by Crippen LogP contribution is -2.72. The second-order valence-corrected chi connectivity index (χ2v) is 7.97. The first-order chi connectivity index (χ1) is 10.4. The smallest absolute Gasteiger partial charge is 0.194 e. The summed E-state index contributed by atoms with van der Waals surface area (Å²) < 4.78 is 5.39. The van der Waals surface area contributed by atoms with Gasteiger partial charge in [0.1, 0.15) is 5.76 Å². The van der Waals surface area contributed by atoms with E-state index in [0.717, 1.165) is 43.5 Å². The van der Waals surface area contributed by atoms with Crippen molar-refractivity contribution in [1.82, 2.24) is 10.2 Å². The minimum absolute atomic E-state index is 0.128. The monoisotopic (exact) mass is 323 g/mol. The van der Waals surface area contributed by atoms with Gasteiger partial charge < -0.3 is 14.6 Å². The molecule has 1 aliphatic heterocycles. The molecule has 1 fully saturated rings. The van der Waals surface area contributed by atoms with Crippen molar-refractivity contribution in [2.45, 2.75) is 39.7 Å². The summed E-state index contributed by atoms with van der Waals surface area (Å²) in [7, 11) is 0. The van der Waals surface area contributed by atoms with Crippen molar-refractivity contribution in [1.29, 1.82) is 0 Å². The van der Waals surface area contributed by atoms with E-state index in [0.29, 0.717) is 5.41 Å². The fourth-order valence-corrected chi connectivity index (χ4v) is 2.91. The van der Waals surface area contributed by atoms with Gasteiger partial charge in [-0.25, -0.2) is 0 Å². The van der Waals surface area contributed by atoms with Gasteiger partial charge >= 0.3 is 0 Å². The number of furan rings is 1. The number of aliphatic imine (C=N–C) groups is 1. The maximum Gasteiger partial charge on any atom is 0.194 e. The molecule has 124 valence electrons. The van der Waals surface area contributed by atoms with Gasteiger partial charge in [0, 0.05) is 36.2 Å². The van der Waals surface area contributed by atoms with Crippen molar-refractivity contribution in [3.8, 4) is 0 Å². The molecule has 1 saturated heterocycles. The number of rotatable bonds is 6. The van der Waals surface area contributed by atoms with Crippen molar-refractivity contribution in [3.05, 3.63) is 24.2 Å². The van der Waals surface area contributed by atoms with Crippen LogP contribution in [-0.4, -0.2) is 48.0 Å². The Hall–Kier alpha value is -1.10. The predicted molar refractivity (Wildman–Crippen MR) is 95.7 cm³/mol. The summed E-state index contributed by atoms with van der Waals surface area (Å²) in [5.41, 5.74) is 0.443. The van der Waals surface area contributed by atoms with Gasteiger partial charge in [-0.3, -0.25) is 4.99 Å². The summed E-state index contributed by atoms with van der Waals surface area (Å²) in [5.74, 6) is 3.10. The van der Waals surface area contributed by atoms with E-state index in [4.69, 9.17) is 9.41 Å². The molecule has 0 atom stereocenters. The Morgan fingerprint density at radius 2 is 2.18 bits per heavy atom. The molecule has 1 aromatic heterocycles. The Kier molecular flexibility index (Phi) is 5.48. The summed E-state index contributed by atoms with van der Waals surface area (Å²) in [4.78, 5) is 7.19. The number of likely N-dealkylation sites (tertiary alicyclic amines) is 1. The number of thioether (sulfide) groups is 1. The first kappa shape index (κ1) is 17.3. The van der Waals surface area contributed by atoms with E-state index in [1.807, 2.05) is 23.9 Å². The van der Waals surface area contributed by atoms with Crippen molar-refractivity contribution in [2.24, 2.45) is 10.4 Å². The molecular formula is C17H29N3OS. The zero-order valence-electron chi connectivity index (χ0n) is 14.5. The molecule has 1 aromatic rings. The molecule has 0 bridgehead atoms. The number of nitrogens with one attached hydrogen (secondary N) is 1. The predicted octanol–water partition coefficient (Wildman–Crippen LogP) is 3.25. The van der Waals surface area contributed by atoms with Gasteiger partial charge in [-0.15, -0.1) is 0 Å². The van der Waals surface area contributed by atoms with Gasteiger partial charge in [-0.2, -0.15) is 11.8 Å². The fourth-order valence-electron chi connectivity index (χ4n) is 2.63. The minimum atomic E-state index is 0.128. The van der Waals surface area contributed by atoms with Crippen molar-refractivity contribution >= 4 is 17.7 Å². The maximum absolute atomic E-state index is 5.39. The minimum Gasteiger partial charge on any atom is -0.469 e. The summed E-state index contributed by atoms with van der Waals surface area (Å²) in [6.07, 6.45) is 4.73. The molecule has 2 rings (SSSR count). The van der Waals surface area contributed by atoms with Crippen LogP contribution in [0.5, 0.6) is 0 Å². The molecule has 0 aliphatic carbocycles. The van der Waals surface area contributed by atoms with Crippen LogP contribution in [0, 0.1) is 5.41 Å². The highest BCUT2D eigenvalue weighted by atomic mass is 32.2. The molecule has 0 aromatic carbocycles. The first-order valence-corrected chi connectivity index (χ1v) is 9.35. The van der Waals surface area contributed by atoms with Crippen molar-refractivity contribution < 1.29 is 4.42 Å². The average molecular weight is 324 g/mol. The quantitative estimate of drug-likeness (QED) is 0.496. The zero-order chi connectivity index (χ0) is 16.2. The number of nitrogens with zero attached hydrogens (tertiary/aromatic N) is 2. The highest BCUT2D eigenvalue weighted by Crippen LogP contribution is 2.46. The van der Waals surface area contributed by atoms with E-state index >= 15 is 0 Å². The van der Waals surface area contributed by atoms with Gasteiger partial charge in [0.15, 0.2) is 5.96 Å². The lowest BCUT2D eigenvalue weighted by Gasteiger charge is -2.62. The van der Waals surface area contributed by atoms with Gasteiger partial charge in [-0.05, 0) is 32.2 Å². The number of hydrogen-bond donors (Lipinski definition) is 1. The van der Waals surface area contributed by atoms with E-state index < -0.39 is 0 Å². The molecule has 0 saturated carbocycles. The standard InChI is InChI=1S/C17H29N3OS/c1-16(2)13-20(17(16,3)4)15(19-10-12-22-5)18-9-8-14-7-6-11-21-14/h6-7,11H,8-10,12-13H2,1-5H3,(H,18,19). The second-order valence-electron chi connectivity index (χ2n) is 6.98. The Morgan fingerprint density at radius 1 is 1.41 bits per heavy atom. The third-order valence-corrected chi connectivity index (χ3v) is 5.52. The first-order valence-electron chi connectivity index (χ1n) is 7.96. The van der Waals surface area contributed by atoms with Crippen LogP contribution in [0.3, 0.4) is 0 Å². The largest absolute Gasteiger partial charge is 0.469 e. The molecule has 1 aliphatic rings. The molecule has 5 heteroatoms. The third kappa shape index (κ3) is 3.62. The van der Waals surface area contributed by atoms with Crippen LogP contribution >= 0.6 is 11.8 Å². The topological polar surface area (TPSA) is 40.8 Å². The number of hydrogen-bond acceptors (Lipinski definition) is 3. The molecule has 1 N–H and O–H groups in total. The second kappa shape index (κ2) is 6.99. The lowest BCUT2D eigenvalue weighted by molar-refractivity contribution is -0.0667. The van der Waals surface area contributed by atoms with Gasteiger partial charge in [0.05, 0.1) is 12.8 Å². The van der Waals surface area contributed by atoms with Crippen LogP contribution in [0.25, 0.3) is 0 Å². The molecule has 0 unspecified atom stereocenters. The molecule has 4 nitrogen and oxygen atoms in total. The molecule has 0 spiro atoms. The highest BCUT2D eigenvalue weighted by Gasteiger charge is 2.53. The maximum atomic E-state index is 5.39. The third-order valence-electron chi connectivity index (χ3n) is 4.93. The fraction of sp³-hybridized carbons (Fsp3) is 0.706. The summed E-state index contributed by atoms with van der Waals surface area (Å²) in [5, 5.41) is 3.52. The van der Waals surface area contributed by atoms with Crippen LogP contribution in [0.2, 0.25) is 0 Å². The van der Waals surface area contributed by atoms with Gasteiger partial charge in [-0.1, -0.05) is 13.8 Å². The Balaban J connectivity index is 1.96. The Labute approximate surface area is 138 Å². The SMILES string of the molecule is CSCCN=C(NCCc1ccco1)N1CC(C)(C)C1(C)C. The van der Waals surface area contributed by atoms with Crippen LogP contribution in [-0.2, 0) is 6.42 Å². The van der Waals surface area contributed by atoms with Crippen molar-refractivity contribution in [3.63, 3.8) is 0 Å². The Bertz CT molecular complexity index is 494.